The van der Waals surface area contributed by atoms with Crippen LogP contribution in [0.15, 0.2) is 48.0 Å². The highest BCUT2D eigenvalue weighted by Crippen LogP contribution is 2.14. The van der Waals surface area contributed by atoms with Crippen LogP contribution >= 0.6 is 11.6 Å². The van der Waals surface area contributed by atoms with Crippen molar-refractivity contribution in [1.29, 1.82) is 5.41 Å². The van der Waals surface area contributed by atoms with E-state index in [0.717, 1.165) is 11.8 Å². The third-order valence-electron chi connectivity index (χ3n) is 3.13. The number of hydrogen-bond acceptors (Lipinski definition) is 4. The van der Waals surface area contributed by atoms with Gasteiger partial charge in [-0.2, -0.15) is 0 Å². The Labute approximate surface area is 134 Å². The van der Waals surface area contributed by atoms with Crippen molar-refractivity contribution in [3.8, 4) is 0 Å². The van der Waals surface area contributed by atoms with Crippen LogP contribution in [0.1, 0.15) is 11.1 Å². The van der Waals surface area contributed by atoms with Gasteiger partial charge in [0, 0.05) is 30.3 Å². The zero-order valence-electron chi connectivity index (χ0n) is 12.0. The topological polar surface area (TPSA) is 88.9 Å². The summed E-state index contributed by atoms with van der Waals surface area (Å²) in [5.41, 5.74) is 7.28. The molecule has 1 heterocycles. The number of nitrogens with two attached hydrogens (primary N) is 1. The summed E-state index contributed by atoms with van der Waals surface area (Å²) in [4.78, 5) is 0.239. The lowest BCUT2D eigenvalue weighted by atomic mass is 10.2. The highest BCUT2D eigenvalue weighted by Gasteiger charge is 2.09. The van der Waals surface area contributed by atoms with Crippen molar-refractivity contribution in [1.82, 2.24) is 4.57 Å². The van der Waals surface area contributed by atoms with Gasteiger partial charge in [0.2, 0.25) is 0 Å². The van der Waals surface area contributed by atoms with Crippen molar-refractivity contribution in [3.63, 3.8) is 0 Å². The van der Waals surface area contributed by atoms with Crippen LogP contribution in [0.2, 0.25) is 5.02 Å². The van der Waals surface area contributed by atoms with Crippen molar-refractivity contribution in [2.45, 2.75) is 11.4 Å². The molecule has 0 aliphatic rings. The van der Waals surface area contributed by atoms with Gasteiger partial charge >= 0.3 is 0 Å². The zero-order valence-corrected chi connectivity index (χ0v) is 13.6. The lowest BCUT2D eigenvalue weighted by Gasteiger charge is -2.12. The van der Waals surface area contributed by atoms with Crippen LogP contribution in [0.3, 0.4) is 0 Å². The van der Waals surface area contributed by atoms with Gasteiger partial charge in [-0.05, 0) is 23.8 Å². The summed E-state index contributed by atoms with van der Waals surface area (Å²) in [7, 11) is -3.27. The molecule has 5 nitrogen and oxygen atoms in total. The monoisotopic (exact) mass is 337 g/mol. The fourth-order valence-corrected chi connectivity index (χ4v) is 2.97. The second-order valence-electron chi connectivity index (χ2n) is 4.99. The Bertz CT molecular complexity index is 901. The van der Waals surface area contributed by atoms with Gasteiger partial charge in [-0.3, -0.25) is 5.41 Å². The van der Waals surface area contributed by atoms with Gasteiger partial charge in [0.05, 0.1) is 9.92 Å². The van der Waals surface area contributed by atoms with E-state index in [1.807, 2.05) is 0 Å². The first-order valence-corrected chi connectivity index (χ1v) is 8.64. The maximum atomic E-state index is 11.6. The molecule has 0 amide bonds. The van der Waals surface area contributed by atoms with E-state index in [9.17, 15) is 8.42 Å². The van der Waals surface area contributed by atoms with Gasteiger partial charge in [0.25, 0.3) is 0 Å². The Kier molecular flexibility index (Phi) is 4.44. The maximum Gasteiger partial charge on any atom is 0.175 e. The Morgan fingerprint density at radius 1 is 1.41 bits per heavy atom. The molecule has 3 N–H and O–H groups in total. The third kappa shape index (κ3) is 3.58. The maximum absolute atomic E-state index is 11.6. The number of sulfone groups is 1. The first kappa shape index (κ1) is 16.3. The van der Waals surface area contributed by atoms with E-state index in [0.29, 0.717) is 17.1 Å². The van der Waals surface area contributed by atoms with E-state index in [4.69, 9.17) is 22.7 Å². The number of pyridine rings is 1. The van der Waals surface area contributed by atoms with Gasteiger partial charge in [-0.25, -0.2) is 8.42 Å². The second-order valence-corrected chi connectivity index (χ2v) is 7.45. The minimum absolute atomic E-state index is 0.168. The quantitative estimate of drug-likeness (QED) is 0.894. The highest BCUT2D eigenvalue weighted by atomic mass is 35.5. The lowest BCUT2D eigenvalue weighted by Crippen LogP contribution is -2.25. The van der Waals surface area contributed by atoms with E-state index < -0.39 is 9.84 Å². The normalized spacial score (nSPS) is 11.4. The van der Waals surface area contributed by atoms with Gasteiger partial charge in [-0.1, -0.05) is 30.3 Å². The molecule has 0 atom stereocenters. The molecule has 22 heavy (non-hydrogen) atoms. The molecule has 116 valence electrons. The predicted octanol–water partition coefficient (Wildman–Crippen LogP) is 2.00. The average Bonchev–Trinajstić information content (AvgIpc) is 2.41. The largest absolute Gasteiger partial charge is 0.399 e. The molecule has 7 heteroatoms. The van der Waals surface area contributed by atoms with Crippen molar-refractivity contribution >= 4 is 27.1 Å². The average molecular weight is 338 g/mol. The summed E-state index contributed by atoms with van der Waals surface area (Å²) in [6.45, 7) is 3.94. The van der Waals surface area contributed by atoms with Crippen LogP contribution in [0.5, 0.6) is 0 Å². The first-order chi connectivity index (χ1) is 10.2. The number of hydrogen-bond donors (Lipinski definition) is 2. The van der Waals surface area contributed by atoms with Gasteiger partial charge < -0.3 is 10.3 Å². The molecular weight excluding hydrogens is 322 g/mol. The fourth-order valence-electron chi connectivity index (χ4n) is 2.05. The van der Waals surface area contributed by atoms with E-state index in [-0.39, 0.29) is 16.1 Å². The molecule has 0 radical (unpaired) electrons. The van der Waals surface area contributed by atoms with Gasteiger partial charge in [0.1, 0.15) is 5.49 Å². The fraction of sp³-hybridized carbons (Fsp3) is 0.133. The molecular formula is C15H16ClN3O2S. The summed E-state index contributed by atoms with van der Waals surface area (Å²) < 4.78 is 24.8. The molecule has 0 aliphatic carbocycles. The number of benzene rings is 1. The van der Waals surface area contributed by atoms with E-state index >= 15 is 0 Å². The van der Waals surface area contributed by atoms with Crippen LogP contribution in [0.4, 0.5) is 0 Å². The number of aromatic nitrogens is 1. The smallest absolute Gasteiger partial charge is 0.175 e. The Balaban J connectivity index is 2.48. The van der Waals surface area contributed by atoms with Crippen LogP contribution in [0, 0.1) is 5.41 Å². The van der Waals surface area contributed by atoms with Gasteiger partial charge in [0.15, 0.2) is 9.84 Å². The summed E-state index contributed by atoms with van der Waals surface area (Å²) in [6, 6.07) is 8.16. The molecule has 0 saturated heterocycles. The molecule has 0 unspecified atom stereocenters. The van der Waals surface area contributed by atoms with Crippen LogP contribution < -0.4 is 11.2 Å². The number of nitrogens with zero attached hydrogens (tertiary/aromatic N) is 1. The van der Waals surface area contributed by atoms with Crippen molar-refractivity contribution in [2.75, 3.05) is 6.26 Å². The molecule has 2 rings (SSSR count). The van der Waals surface area contributed by atoms with Crippen LogP contribution in [0.25, 0.3) is 5.70 Å². The molecule has 2 aromatic rings. The van der Waals surface area contributed by atoms with Crippen LogP contribution in [-0.2, 0) is 16.4 Å². The van der Waals surface area contributed by atoms with E-state index in [1.165, 1.54) is 6.07 Å². The summed E-state index contributed by atoms with van der Waals surface area (Å²) in [5.74, 6) is 0. The summed E-state index contributed by atoms with van der Waals surface area (Å²) in [6.07, 6.45) is 2.76. The highest BCUT2D eigenvalue weighted by molar-refractivity contribution is 7.90. The second kappa shape index (κ2) is 5.98. The minimum Gasteiger partial charge on any atom is -0.399 e. The molecule has 0 bridgehead atoms. The molecule has 0 saturated carbocycles. The number of nitrogens with one attached hydrogen (secondary N) is 1. The SMILES string of the molecule is C=C(N)c1cc(Cl)cn(Cc2cccc(S(C)(=O)=O)c2)c1=N. The number of rotatable bonds is 4. The molecule has 1 aromatic heterocycles. The summed E-state index contributed by atoms with van der Waals surface area (Å²) in [5, 5.41) is 8.57. The predicted molar refractivity (Wildman–Crippen MR) is 87.2 cm³/mol. The lowest BCUT2D eigenvalue weighted by molar-refractivity contribution is 0.601. The molecule has 1 aromatic carbocycles. The third-order valence-corrected chi connectivity index (χ3v) is 4.45. The van der Waals surface area contributed by atoms with E-state index in [2.05, 4.69) is 6.58 Å². The van der Waals surface area contributed by atoms with Gasteiger partial charge in [-0.15, -0.1) is 0 Å². The Hall–Kier alpha value is -2.05. The molecule has 0 spiro atoms. The summed E-state index contributed by atoms with van der Waals surface area (Å²) >= 11 is 6.04. The zero-order chi connectivity index (χ0) is 16.5. The Morgan fingerprint density at radius 3 is 2.68 bits per heavy atom. The number of halogens is 1. The van der Waals surface area contributed by atoms with Crippen molar-refractivity contribution in [2.24, 2.45) is 5.73 Å². The standard InChI is InChI=1S/C15H16ClN3O2S/c1-10(17)14-7-12(16)9-19(15(14)18)8-11-4-3-5-13(6-11)22(2,20)21/h3-7,9,18H,1,8,17H2,2H3. The van der Waals surface area contributed by atoms with Crippen molar-refractivity contribution < 1.29 is 8.42 Å². The molecule has 0 aliphatic heterocycles. The first-order valence-electron chi connectivity index (χ1n) is 6.37. The van der Waals surface area contributed by atoms with E-state index in [1.54, 1.807) is 35.0 Å². The minimum atomic E-state index is -3.27. The van der Waals surface area contributed by atoms with Crippen LogP contribution in [-0.4, -0.2) is 19.2 Å². The van der Waals surface area contributed by atoms with Crippen molar-refractivity contribution in [3.05, 3.63) is 64.7 Å². The molecule has 0 fully saturated rings. The Morgan fingerprint density at radius 2 is 2.09 bits per heavy atom.